The number of nitrogens with zero attached hydrogens (tertiary/aromatic N) is 1. The molecule has 29 heavy (non-hydrogen) atoms. The van der Waals surface area contributed by atoms with Crippen molar-refractivity contribution in [1.82, 2.24) is 5.16 Å². The minimum atomic E-state index is -0.484. The second kappa shape index (κ2) is 8.68. The summed E-state index contributed by atoms with van der Waals surface area (Å²) in [7, 11) is 0. The Kier molecular flexibility index (Phi) is 6.07. The van der Waals surface area contributed by atoms with Crippen molar-refractivity contribution in [3.63, 3.8) is 0 Å². The van der Waals surface area contributed by atoms with Crippen molar-refractivity contribution < 1.29 is 23.2 Å². The summed E-state index contributed by atoms with van der Waals surface area (Å²) in [5, 5.41) is 6.42. The zero-order valence-electron chi connectivity index (χ0n) is 16.4. The molecule has 2 aromatic carbocycles. The summed E-state index contributed by atoms with van der Waals surface area (Å²) in [5.41, 5.74) is 1.95. The van der Waals surface area contributed by atoms with Crippen molar-refractivity contribution >= 4 is 17.6 Å². The van der Waals surface area contributed by atoms with Crippen LogP contribution < -0.4 is 5.32 Å². The van der Waals surface area contributed by atoms with E-state index in [4.69, 9.17) is 9.26 Å². The SMILES string of the molecule is Cc1ccc(-c2cc(C(=O)Nc3ccc(C(=O)OCC(C)C)cc3)no2)cc1F. The van der Waals surface area contributed by atoms with Gasteiger partial charge in [-0.05, 0) is 48.7 Å². The van der Waals surface area contributed by atoms with Gasteiger partial charge in [-0.25, -0.2) is 9.18 Å². The molecule has 0 saturated carbocycles. The number of carbonyl (C=O) groups is 2. The smallest absolute Gasteiger partial charge is 0.338 e. The van der Waals surface area contributed by atoms with Gasteiger partial charge in [-0.2, -0.15) is 0 Å². The van der Waals surface area contributed by atoms with Crippen molar-refractivity contribution in [2.24, 2.45) is 5.92 Å². The molecule has 0 fully saturated rings. The first-order valence-electron chi connectivity index (χ1n) is 9.15. The third kappa shape index (κ3) is 5.07. The molecule has 0 aliphatic carbocycles. The number of aromatic nitrogens is 1. The largest absolute Gasteiger partial charge is 0.462 e. The minimum Gasteiger partial charge on any atom is -0.462 e. The van der Waals surface area contributed by atoms with Crippen LogP contribution in [-0.2, 0) is 4.74 Å². The predicted octanol–water partition coefficient (Wildman–Crippen LogP) is 4.85. The number of anilines is 1. The van der Waals surface area contributed by atoms with Crippen LogP contribution in [-0.4, -0.2) is 23.6 Å². The van der Waals surface area contributed by atoms with E-state index in [-0.39, 0.29) is 23.2 Å². The molecule has 1 aromatic heterocycles. The number of amides is 1. The maximum Gasteiger partial charge on any atom is 0.338 e. The Morgan fingerprint density at radius 1 is 1.14 bits per heavy atom. The number of aryl methyl sites for hydroxylation is 1. The van der Waals surface area contributed by atoms with Crippen LogP contribution in [0.2, 0.25) is 0 Å². The molecule has 0 bridgehead atoms. The van der Waals surface area contributed by atoms with Crippen LogP contribution in [0.4, 0.5) is 10.1 Å². The van der Waals surface area contributed by atoms with E-state index >= 15 is 0 Å². The van der Waals surface area contributed by atoms with E-state index in [2.05, 4.69) is 10.5 Å². The summed E-state index contributed by atoms with van der Waals surface area (Å²) < 4.78 is 24.0. The normalized spacial score (nSPS) is 10.8. The van der Waals surface area contributed by atoms with Gasteiger partial charge in [0.15, 0.2) is 11.5 Å². The molecule has 0 spiro atoms. The van der Waals surface area contributed by atoms with E-state index in [1.54, 1.807) is 43.3 Å². The first-order valence-corrected chi connectivity index (χ1v) is 9.15. The predicted molar refractivity (Wildman–Crippen MR) is 106 cm³/mol. The van der Waals surface area contributed by atoms with Crippen molar-refractivity contribution in [1.29, 1.82) is 0 Å². The third-order valence-corrected chi connectivity index (χ3v) is 4.13. The lowest BCUT2D eigenvalue weighted by Gasteiger charge is -2.08. The van der Waals surface area contributed by atoms with Gasteiger partial charge in [0.2, 0.25) is 0 Å². The second-order valence-corrected chi connectivity index (χ2v) is 7.06. The van der Waals surface area contributed by atoms with E-state index in [0.717, 1.165) is 0 Å². The van der Waals surface area contributed by atoms with Gasteiger partial charge >= 0.3 is 5.97 Å². The molecule has 0 atom stereocenters. The topological polar surface area (TPSA) is 81.4 Å². The number of nitrogens with one attached hydrogen (secondary N) is 1. The third-order valence-electron chi connectivity index (χ3n) is 4.13. The zero-order chi connectivity index (χ0) is 21.0. The van der Waals surface area contributed by atoms with E-state index in [1.807, 2.05) is 13.8 Å². The fourth-order valence-corrected chi connectivity index (χ4v) is 2.47. The van der Waals surface area contributed by atoms with Gasteiger partial charge in [0, 0.05) is 17.3 Å². The average molecular weight is 396 g/mol. The Morgan fingerprint density at radius 2 is 1.86 bits per heavy atom. The molecule has 1 amide bonds. The number of halogens is 1. The van der Waals surface area contributed by atoms with Gasteiger partial charge in [-0.15, -0.1) is 0 Å². The van der Waals surface area contributed by atoms with Gasteiger partial charge in [-0.3, -0.25) is 4.79 Å². The number of rotatable bonds is 6. The summed E-state index contributed by atoms with van der Waals surface area (Å²) in [5.74, 6) is -0.721. The highest BCUT2D eigenvalue weighted by Crippen LogP contribution is 2.23. The standard InChI is InChI=1S/C22H21FN2O4/c1-13(2)12-28-22(27)15-6-8-17(9-7-15)24-21(26)19-11-20(29-25-19)16-5-4-14(3)18(23)10-16/h4-11,13H,12H2,1-3H3,(H,24,26). The highest BCUT2D eigenvalue weighted by Gasteiger charge is 2.15. The van der Waals surface area contributed by atoms with Crippen LogP contribution in [0.15, 0.2) is 53.1 Å². The van der Waals surface area contributed by atoms with Gasteiger partial charge < -0.3 is 14.6 Å². The number of esters is 1. The maximum absolute atomic E-state index is 13.7. The van der Waals surface area contributed by atoms with Gasteiger partial charge in [-0.1, -0.05) is 31.1 Å². The molecule has 0 radical (unpaired) electrons. The van der Waals surface area contributed by atoms with Crippen molar-refractivity contribution in [2.45, 2.75) is 20.8 Å². The van der Waals surface area contributed by atoms with Crippen LogP contribution in [0, 0.1) is 18.7 Å². The fourth-order valence-electron chi connectivity index (χ4n) is 2.47. The number of hydrogen-bond donors (Lipinski definition) is 1. The van der Waals surface area contributed by atoms with E-state index in [1.165, 1.54) is 12.1 Å². The lowest BCUT2D eigenvalue weighted by molar-refractivity contribution is 0.0459. The van der Waals surface area contributed by atoms with Gasteiger partial charge in [0.1, 0.15) is 5.82 Å². The molecular formula is C22H21FN2O4. The van der Waals surface area contributed by atoms with Crippen LogP contribution in [0.3, 0.4) is 0 Å². The molecule has 0 saturated heterocycles. The first-order chi connectivity index (χ1) is 13.8. The van der Waals surface area contributed by atoms with Crippen LogP contribution >= 0.6 is 0 Å². The first kappa shape index (κ1) is 20.3. The summed E-state index contributed by atoms with van der Waals surface area (Å²) >= 11 is 0. The maximum atomic E-state index is 13.7. The van der Waals surface area contributed by atoms with E-state index in [9.17, 15) is 14.0 Å². The summed E-state index contributed by atoms with van der Waals surface area (Å²) in [6.07, 6.45) is 0. The second-order valence-electron chi connectivity index (χ2n) is 7.06. The monoisotopic (exact) mass is 396 g/mol. The van der Waals surface area contributed by atoms with Crippen LogP contribution in [0.5, 0.6) is 0 Å². The Bertz CT molecular complexity index is 1030. The van der Waals surface area contributed by atoms with Crippen LogP contribution in [0.1, 0.15) is 40.3 Å². The molecule has 0 unspecified atom stereocenters. The molecule has 6 nitrogen and oxygen atoms in total. The minimum absolute atomic E-state index is 0.0569. The Hall–Kier alpha value is -3.48. The molecule has 1 N–H and O–H groups in total. The van der Waals surface area contributed by atoms with E-state index in [0.29, 0.717) is 29.0 Å². The number of ether oxygens (including phenoxy) is 1. The van der Waals surface area contributed by atoms with Gasteiger partial charge in [0.25, 0.3) is 5.91 Å². The zero-order valence-corrected chi connectivity index (χ0v) is 16.4. The quantitative estimate of drug-likeness (QED) is 0.602. The Morgan fingerprint density at radius 3 is 2.52 bits per heavy atom. The number of benzene rings is 2. The molecule has 3 aromatic rings. The van der Waals surface area contributed by atoms with Crippen molar-refractivity contribution in [3.05, 3.63) is 71.2 Å². The molecular weight excluding hydrogens is 375 g/mol. The summed E-state index contributed by atoms with van der Waals surface area (Å²) in [6, 6.07) is 12.4. The number of carbonyl (C=O) groups excluding carboxylic acids is 2. The Labute approximate surface area is 167 Å². The number of hydrogen-bond acceptors (Lipinski definition) is 5. The van der Waals surface area contributed by atoms with Crippen molar-refractivity contribution in [3.8, 4) is 11.3 Å². The molecule has 150 valence electrons. The summed E-state index contributed by atoms with van der Waals surface area (Å²) in [4.78, 5) is 24.3. The molecule has 1 heterocycles. The highest BCUT2D eigenvalue weighted by atomic mass is 19.1. The molecule has 3 rings (SSSR count). The average Bonchev–Trinajstić information content (AvgIpc) is 3.19. The lowest BCUT2D eigenvalue weighted by Crippen LogP contribution is -2.13. The molecule has 0 aliphatic heterocycles. The lowest BCUT2D eigenvalue weighted by atomic mass is 10.1. The molecule has 0 aliphatic rings. The summed E-state index contributed by atoms with van der Waals surface area (Å²) in [6.45, 7) is 5.91. The van der Waals surface area contributed by atoms with E-state index < -0.39 is 11.9 Å². The van der Waals surface area contributed by atoms with Crippen molar-refractivity contribution in [2.75, 3.05) is 11.9 Å². The Balaban J connectivity index is 1.65. The fraction of sp³-hybridized carbons (Fsp3) is 0.227. The van der Waals surface area contributed by atoms with Gasteiger partial charge in [0.05, 0.1) is 12.2 Å². The molecule has 7 heteroatoms. The van der Waals surface area contributed by atoms with Crippen LogP contribution in [0.25, 0.3) is 11.3 Å². The highest BCUT2D eigenvalue weighted by molar-refractivity contribution is 6.03.